The number of hydrogen-bond acceptors (Lipinski definition) is 1. The van der Waals surface area contributed by atoms with Gasteiger partial charge in [0.05, 0.1) is 0 Å². The molecule has 0 aromatic heterocycles. The van der Waals surface area contributed by atoms with Crippen molar-refractivity contribution < 1.29 is 0 Å². The molecule has 0 aliphatic rings. The van der Waals surface area contributed by atoms with Gasteiger partial charge >= 0.3 is 0 Å². The Hall–Kier alpha value is -1.47. The number of thiol groups is 1. The average molecular weight is 256 g/mol. The molecule has 94 valence electrons. The minimum Gasteiger partial charge on any atom is -0.151 e. The highest BCUT2D eigenvalue weighted by Gasteiger charge is 1.95. The van der Waals surface area contributed by atoms with Crippen molar-refractivity contribution in [1.29, 1.82) is 0 Å². The van der Waals surface area contributed by atoms with Crippen LogP contribution in [0, 0.1) is 0 Å². The smallest absolute Gasteiger partial charge is 0.0130 e. The van der Waals surface area contributed by atoms with E-state index in [-0.39, 0.29) is 0 Å². The van der Waals surface area contributed by atoms with Crippen LogP contribution < -0.4 is 0 Å². The van der Waals surface area contributed by atoms with Gasteiger partial charge in [0.1, 0.15) is 0 Å². The Bertz CT molecular complexity index is 450. The van der Waals surface area contributed by atoms with Crippen molar-refractivity contribution in [3.8, 4) is 0 Å². The molecule has 0 saturated heterocycles. The topological polar surface area (TPSA) is 0 Å². The average Bonchev–Trinajstić information content (AvgIpc) is 2.43. The lowest BCUT2D eigenvalue weighted by Gasteiger charge is -2.01. The van der Waals surface area contributed by atoms with E-state index >= 15 is 0 Å². The van der Waals surface area contributed by atoms with Crippen molar-refractivity contribution in [1.82, 2.24) is 0 Å². The van der Waals surface area contributed by atoms with Gasteiger partial charge in [-0.3, -0.25) is 0 Å². The lowest BCUT2D eigenvalue weighted by Crippen LogP contribution is -1.83. The predicted molar refractivity (Wildman–Crippen MR) is 84.9 cm³/mol. The fraction of sp³-hybridized carbons (Fsp3) is 0.176. The number of aryl methyl sites for hydroxylation is 1. The maximum Gasteiger partial charge on any atom is -0.0130 e. The Kier molecular flexibility index (Phi) is 6.97. The molecule has 0 N–H and O–H groups in total. The molecule has 0 aliphatic carbocycles. The number of hydrogen-bond donors (Lipinski definition) is 1. The summed E-state index contributed by atoms with van der Waals surface area (Å²) in [6.45, 7) is 5.81. The Morgan fingerprint density at radius 1 is 1.22 bits per heavy atom. The van der Waals surface area contributed by atoms with Gasteiger partial charge in [-0.2, -0.15) is 12.6 Å². The third-order valence-electron chi connectivity index (χ3n) is 2.74. The molecule has 0 bridgehead atoms. The molecule has 0 heterocycles. The van der Waals surface area contributed by atoms with E-state index in [1.165, 1.54) is 5.56 Å². The van der Waals surface area contributed by atoms with Crippen LogP contribution in [0.15, 0.2) is 77.8 Å². The Balaban J connectivity index is 2.52. The van der Waals surface area contributed by atoms with Crippen molar-refractivity contribution in [2.75, 3.05) is 0 Å². The highest BCUT2D eigenvalue weighted by molar-refractivity contribution is 7.83. The molecule has 0 radical (unpaired) electrons. The highest BCUT2D eigenvalue weighted by Crippen LogP contribution is 2.14. The van der Waals surface area contributed by atoms with Gasteiger partial charge in [-0.25, -0.2) is 0 Å². The molecule has 0 saturated carbocycles. The molecule has 0 nitrogen and oxygen atoms in total. The summed E-state index contributed by atoms with van der Waals surface area (Å²) in [5.41, 5.74) is 3.58. The van der Waals surface area contributed by atoms with Gasteiger partial charge in [0.2, 0.25) is 0 Å². The largest absolute Gasteiger partial charge is 0.151 e. The van der Waals surface area contributed by atoms with E-state index in [4.69, 9.17) is 0 Å². The second-order valence-electron chi connectivity index (χ2n) is 3.96. The minimum absolute atomic E-state index is 1.03. The standard InChI is InChI=1S/C17H20S/c1-3-16(4-2)17(14-18)13-9-8-12-15-10-6-5-7-11-15/h3-7,9-11,13-14,18H,1,8,12H2,2H3/b13-9+,16-4+,17-14+. The molecule has 0 unspecified atom stereocenters. The van der Waals surface area contributed by atoms with Crippen LogP contribution in [-0.2, 0) is 6.42 Å². The monoisotopic (exact) mass is 256 g/mol. The van der Waals surface area contributed by atoms with Gasteiger partial charge in [0.25, 0.3) is 0 Å². The Morgan fingerprint density at radius 2 is 1.94 bits per heavy atom. The second-order valence-corrected chi connectivity index (χ2v) is 4.22. The first kappa shape index (κ1) is 14.6. The first-order chi connectivity index (χ1) is 8.81. The van der Waals surface area contributed by atoms with Crippen LogP contribution in [0.1, 0.15) is 18.9 Å². The molecule has 0 aliphatic heterocycles. The molecule has 0 atom stereocenters. The Labute approximate surface area is 116 Å². The summed E-state index contributed by atoms with van der Waals surface area (Å²) in [5, 5.41) is 1.82. The van der Waals surface area contributed by atoms with Gasteiger partial charge in [-0.05, 0) is 41.9 Å². The highest BCUT2D eigenvalue weighted by atomic mass is 32.1. The summed E-state index contributed by atoms with van der Waals surface area (Å²) in [4.78, 5) is 0. The summed E-state index contributed by atoms with van der Waals surface area (Å²) < 4.78 is 0. The van der Waals surface area contributed by atoms with E-state index in [1.807, 2.05) is 30.6 Å². The molecule has 0 fully saturated rings. The molecule has 1 rings (SSSR count). The third kappa shape index (κ3) is 4.80. The second kappa shape index (κ2) is 8.60. The number of rotatable bonds is 6. The lowest BCUT2D eigenvalue weighted by atomic mass is 10.1. The predicted octanol–water partition coefficient (Wildman–Crippen LogP) is 5.12. The number of allylic oxidation sites excluding steroid dienone is 6. The fourth-order valence-corrected chi connectivity index (χ4v) is 1.96. The van der Waals surface area contributed by atoms with Crippen molar-refractivity contribution in [3.05, 3.63) is 83.3 Å². The van der Waals surface area contributed by atoms with Crippen LogP contribution in [0.5, 0.6) is 0 Å². The molecule has 0 amide bonds. The Morgan fingerprint density at radius 3 is 2.50 bits per heavy atom. The molecular formula is C17H20S. The molecule has 1 aromatic carbocycles. The van der Waals surface area contributed by atoms with E-state index in [1.54, 1.807) is 0 Å². The van der Waals surface area contributed by atoms with Gasteiger partial charge in [-0.1, -0.05) is 61.2 Å². The summed E-state index contributed by atoms with van der Waals surface area (Å²) in [6, 6.07) is 10.5. The SMILES string of the molecule is C=CC(=C\C)/C(/C=C/CCc1ccccc1)=C/S. The van der Waals surface area contributed by atoms with Crippen LogP contribution in [0.25, 0.3) is 0 Å². The van der Waals surface area contributed by atoms with Crippen LogP contribution in [0.3, 0.4) is 0 Å². The van der Waals surface area contributed by atoms with Crippen LogP contribution in [0.2, 0.25) is 0 Å². The van der Waals surface area contributed by atoms with Crippen molar-refractivity contribution in [3.63, 3.8) is 0 Å². The maximum absolute atomic E-state index is 4.23. The lowest BCUT2D eigenvalue weighted by molar-refractivity contribution is 1.00. The third-order valence-corrected chi connectivity index (χ3v) is 3.02. The summed E-state index contributed by atoms with van der Waals surface area (Å²) in [5.74, 6) is 0. The zero-order chi connectivity index (χ0) is 13.2. The zero-order valence-electron chi connectivity index (χ0n) is 10.8. The summed E-state index contributed by atoms with van der Waals surface area (Å²) >= 11 is 4.23. The van der Waals surface area contributed by atoms with E-state index in [0.717, 1.165) is 24.0 Å². The molecule has 0 spiro atoms. The molecule has 1 aromatic rings. The van der Waals surface area contributed by atoms with Crippen molar-refractivity contribution in [2.45, 2.75) is 19.8 Å². The first-order valence-electron chi connectivity index (χ1n) is 6.15. The van der Waals surface area contributed by atoms with Crippen LogP contribution in [-0.4, -0.2) is 0 Å². The van der Waals surface area contributed by atoms with Gasteiger partial charge in [-0.15, -0.1) is 0 Å². The zero-order valence-corrected chi connectivity index (χ0v) is 11.7. The van der Waals surface area contributed by atoms with Crippen molar-refractivity contribution >= 4 is 12.6 Å². The maximum atomic E-state index is 4.23. The van der Waals surface area contributed by atoms with Crippen LogP contribution in [0.4, 0.5) is 0 Å². The minimum atomic E-state index is 1.03. The van der Waals surface area contributed by atoms with E-state index < -0.39 is 0 Å². The van der Waals surface area contributed by atoms with E-state index in [9.17, 15) is 0 Å². The number of benzene rings is 1. The fourth-order valence-electron chi connectivity index (χ4n) is 1.72. The normalized spacial score (nSPS) is 13.0. The van der Waals surface area contributed by atoms with E-state index in [2.05, 4.69) is 55.6 Å². The van der Waals surface area contributed by atoms with E-state index in [0.29, 0.717) is 0 Å². The van der Waals surface area contributed by atoms with Gasteiger partial charge in [0, 0.05) is 0 Å². The molecule has 18 heavy (non-hydrogen) atoms. The van der Waals surface area contributed by atoms with Crippen molar-refractivity contribution in [2.24, 2.45) is 0 Å². The summed E-state index contributed by atoms with van der Waals surface area (Å²) in [7, 11) is 0. The van der Waals surface area contributed by atoms with Gasteiger partial charge < -0.3 is 0 Å². The van der Waals surface area contributed by atoms with Crippen LogP contribution >= 0.6 is 12.6 Å². The first-order valence-corrected chi connectivity index (χ1v) is 6.67. The van der Waals surface area contributed by atoms with Gasteiger partial charge in [0.15, 0.2) is 0 Å². The summed E-state index contributed by atoms with van der Waals surface area (Å²) in [6.07, 6.45) is 10.3. The molecule has 1 heteroatoms. The molecular weight excluding hydrogens is 236 g/mol. The quantitative estimate of drug-likeness (QED) is 0.530.